The Morgan fingerprint density at radius 3 is 2.42 bits per heavy atom. The van der Waals surface area contributed by atoms with Gasteiger partial charge in [0, 0.05) is 6.42 Å². The molecule has 1 nitrogen and oxygen atoms in total. The van der Waals surface area contributed by atoms with Gasteiger partial charge in [0.2, 0.25) is 0 Å². The highest BCUT2D eigenvalue weighted by Gasteiger charge is 2.23. The van der Waals surface area contributed by atoms with Gasteiger partial charge in [0.15, 0.2) is 5.78 Å². The third-order valence-corrected chi connectivity index (χ3v) is 3.86. The molecule has 0 aromatic carbocycles. The topological polar surface area (TPSA) is 17.1 Å². The fourth-order valence-electron chi connectivity index (χ4n) is 2.87. The number of carbonyl (C=O) groups excluding carboxylic acids is 1. The van der Waals surface area contributed by atoms with Crippen molar-refractivity contribution in [2.45, 2.75) is 64.7 Å². The maximum Gasteiger partial charge on any atom is 0.159 e. The first-order chi connectivity index (χ1) is 9.19. The van der Waals surface area contributed by atoms with Crippen LogP contribution in [0.3, 0.4) is 0 Å². The first kappa shape index (κ1) is 15.9. The van der Waals surface area contributed by atoms with E-state index in [0.29, 0.717) is 11.7 Å². The van der Waals surface area contributed by atoms with Crippen LogP contribution in [0.25, 0.3) is 0 Å². The highest BCUT2D eigenvalue weighted by atomic mass is 16.1. The third kappa shape index (κ3) is 5.59. The molecule has 1 aliphatic carbocycles. The monoisotopic (exact) mass is 260 g/mol. The van der Waals surface area contributed by atoms with Gasteiger partial charge >= 0.3 is 0 Å². The van der Waals surface area contributed by atoms with Crippen molar-refractivity contribution < 1.29 is 4.79 Å². The lowest BCUT2D eigenvalue weighted by atomic mass is 9.80. The first-order valence-electron chi connectivity index (χ1n) is 7.65. The number of ketones is 1. The van der Waals surface area contributed by atoms with Gasteiger partial charge in [-0.15, -0.1) is 13.2 Å². The second kappa shape index (κ2) is 8.90. The summed E-state index contributed by atoms with van der Waals surface area (Å²) in [4.78, 5) is 12.2. The molecule has 0 bridgehead atoms. The average molecular weight is 260 g/mol. The number of rotatable bonds is 9. The van der Waals surface area contributed by atoms with Crippen molar-refractivity contribution in [3.05, 3.63) is 36.5 Å². The Balaban J connectivity index is 2.62. The molecule has 1 heteroatoms. The molecule has 1 atom stereocenters. The van der Waals surface area contributed by atoms with Crippen molar-refractivity contribution in [3.63, 3.8) is 0 Å². The molecule has 0 aromatic rings. The Kier molecular flexibility index (Phi) is 7.47. The fraction of sp³-hybridized carbons (Fsp3) is 0.611. The summed E-state index contributed by atoms with van der Waals surface area (Å²) in [6, 6.07) is 0. The minimum Gasteiger partial charge on any atom is -0.295 e. The van der Waals surface area contributed by atoms with Crippen molar-refractivity contribution in [2.75, 3.05) is 0 Å². The smallest absolute Gasteiger partial charge is 0.159 e. The molecule has 1 aliphatic rings. The van der Waals surface area contributed by atoms with Gasteiger partial charge in [0.25, 0.3) is 0 Å². The Morgan fingerprint density at radius 1 is 1.05 bits per heavy atom. The number of allylic oxidation sites excluding steroid dienone is 4. The van der Waals surface area contributed by atoms with Crippen molar-refractivity contribution >= 4 is 5.78 Å². The number of Topliss-reactive ketones (excluding diaryl/α,β-unsaturated/α-hetero) is 1. The summed E-state index contributed by atoms with van der Waals surface area (Å²) in [7, 11) is 0. The highest BCUT2D eigenvalue weighted by Crippen LogP contribution is 2.32. The molecule has 0 amide bonds. The molecule has 0 spiro atoms. The Bertz CT molecular complexity index is 349. The molecular weight excluding hydrogens is 232 g/mol. The van der Waals surface area contributed by atoms with E-state index in [0.717, 1.165) is 50.5 Å². The lowest BCUT2D eigenvalue weighted by Gasteiger charge is -2.24. The van der Waals surface area contributed by atoms with Crippen LogP contribution >= 0.6 is 0 Å². The van der Waals surface area contributed by atoms with Crippen molar-refractivity contribution in [2.24, 2.45) is 5.92 Å². The lowest BCUT2D eigenvalue weighted by molar-refractivity contribution is -0.117. The summed E-state index contributed by atoms with van der Waals surface area (Å²) in [5.41, 5.74) is 2.59. The van der Waals surface area contributed by atoms with Crippen molar-refractivity contribution in [3.8, 4) is 0 Å². The van der Waals surface area contributed by atoms with E-state index in [1.165, 1.54) is 18.4 Å². The zero-order chi connectivity index (χ0) is 14.1. The summed E-state index contributed by atoms with van der Waals surface area (Å²) in [6.45, 7) is 9.71. The van der Waals surface area contributed by atoms with E-state index in [1.54, 1.807) is 0 Å². The van der Waals surface area contributed by atoms with Crippen LogP contribution in [-0.2, 0) is 4.79 Å². The summed E-state index contributed by atoms with van der Waals surface area (Å²) in [6.07, 6.45) is 13.4. The molecule has 19 heavy (non-hydrogen) atoms. The number of unbranched alkanes of at least 4 members (excludes halogenated alkanes) is 3. The average Bonchev–Trinajstić information content (AvgIpc) is 2.37. The predicted molar refractivity (Wildman–Crippen MR) is 83.1 cm³/mol. The van der Waals surface area contributed by atoms with Gasteiger partial charge in [0.1, 0.15) is 0 Å². The minimum atomic E-state index is 0.404. The maximum atomic E-state index is 12.2. The second-order valence-electron chi connectivity index (χ2n) is 5.73. The van der Waals surface area contributed by atoms with E-state index < -0.39 is 0 Å². The number of carbonyl (C=O) groups is 1. The summed E-state index contributed by atoms with van der Waals surface area (Å²) in [5.74, 6) is 0.937. The third-order valence-electron chi connectivity index (χ3n) is 3.86. The highest BCUT2D eigenvalue weighted by molar-refractivity contribution is 5.97. The van der Waals surface area contributed by atoms with Crippen LogP contribution in [0.15, 0.2) is 36.5 Å². The zero-order valence-corrected chi connectivity index (χ0v) is 12.4. The lowest BCUT2D eigenvalue weighted by Crippen LogP contribution is -2.18. The Hall–Kier alpha value is -1.11. The van der Waals surface area contributed by atoms with Gasteiger partial charge < -0.3 is 0 Å². The summed E-state index contributed by atoms with van der Waals surface area (Å²) >= 11 is 0. The van der Waals surface area contributed by atoms with Crippen molar-refractivity contribution in [1.29, 1.82) is 0 Å². The van der Waals surface area contributed by atoms with Crippen LogP contribution in [0.5, 0.6) is 0 Å². The van der Waals surface area contributed by atoms with Gasteiger partial charge in [-0.3, -0.25) is 4.79 Å². The molecular formula is C18H28O. The number of hydrogen-bond donors (Lipinski definition) is 0. The maximum absolute atomic E-state index is 12.2. The molecule has 0 aliphatic heterocycles. The molecule has 0 unspecified atom stereocenters. The molecule has 0 saturated carbocycles. The van der Waals surface area contributed by atoms with Gasteiger partial charge in [-0.2, -0.15) is 0 Å². The largest absolute Gasteiger partial charge is 0.295 e. The van der Waals surface area contributed by atoms with Crippen LogP contribution in [0, 0.1) is 5.92 Å². The Labute approximate surface area is 118 Å². The minimum absolute atomic E-state index is 0.404. The molecule has 0 saturated heterocycles. The van der Waals surface area contributed by atoms with E-state index in [2.05, 4.69) is 20.1 Å². The molecule has 0 N–H and O–H groups in total. The predicted octanol–water partition coefficient (Wildman–Crippen LogP) is 5.38. The van der Waals surface area contributed by atoms with Crippen molar-refractivity contribution in [1.82, 2.24) is 0 Å². The van der Waals surface area contributed by atoms with E-state index in [9.17, 15) is 4.79 Å². The number of hydrogen-bond acceptors (Lipinski definition) is 1. The van der Waals surface area contributed by atoms with Crippen LogP contribution in [0.1, 0.15) is 64.7 Å². The Morgan fingerprint density at radius 2 is 1.74 bits per heavy atom. The molecule has 1 rings (SSSR count). The molecule has 0 heterocycles. The molecule has 0 radical (unpaired) electrons. The van der Waals surface area contributed by atoms with Gasteiger partial charge in [-0.05, 0) is 62.9 Å². The quantitative estimate of drug-likeness (QED) is 0.401. The molecule has 106 valence electrons. The van der Waals surface area contributed by atoms with Gasteiger partial charge in [-0.1, -0.05) is 24.6 Å². The standard InChI is InChI=1S/C18H28O/c1-4-6-8-10-11-16-13-15(3)14-18(19)17(16)12-9-7-5-2/h4-5,15H,1-2,6-14H2,3H3/t15-/m1/s1. The van der Waals surface area contributed by atoms with Crippen LogP contribution in [0.4, 0.5) is 0 Å². The van der Waals surface area contributed by atoms with E-state index in [-0.39, 0.29) is 0 Å². The summed E-state index contributed by atoms with van der Waals surface area (Å²) in [5, 5.41) is 0. The normalized spacial score (nSPS) is 19.6. The van der Waals surface area contributed by atoms with Gasteiger partial charge in [0.05, 0.1) is 0 Å². The summed E-state index contributed by atoms with van der Waals surface area (Å²) < 4.78 is 0. The first-order valence-corrected chi connectivity index (χ1v) is 7.65. The van der Waals surface area contributed by atoms with Crippen LogP contribution < -0.4 is 0 Å². The van der Waals surface area contributed by atoms with E-state index in [4.69, 9.17) is 0 Å². The zero-order valence-electron chi connectivity index (χ0n) is 12.4. The van der Waals surface area contributed by atoms with E-state index >= 15 is 0 Å². The van der Waals surface area contributed by atoms with Crippen LogP contribution in [0.2, 0.25) is 0 Å². The van der Waals surface area contributed by atoms with E-state index in [1.807, 2.05) is 12.2 Å². The molecule has 0 aromatic heterocycles. The SMILES string of the molecule is C=CCCCCC1=C(CCCC=C)C(=O)C[C@H](C)C1. The fourth-order valence-corrected chi connectivity index (χ4v) is 2.87. The van der Waals surface area contributed by atoms with Gasteiger partial charge in [-0.25, -0.2) is 0 Å². The van der Waals surface area contributed by atoms with Crippen LogP contribution in [-0.4, -0.2) is 5.78 Å². The second-order valence-corrected chi connectivity index (χ2v) is 5.73. The molecule has 0 fully saturated rings.